The quantitative estimate of drug-likeness (QED) is 0.435. The molecule has 1 amide bonds. The fourth-order valence-electron chi connectivity index (χ4n) is 3.34. The summed E-state index contributed by atoms with van der Waals surface area (Å²) in [4.78, 5) is 20.2. The van der Waals surface area contributed by atoms with Crippen LogP contribution < -0.4 is 5.32 Å². The first-order valence-corrected chi connectivity index (χ1v) is 11.3. The fraction of sp³-hybridized carbons (Fsp3) is 0.130. The number of alkyl halides is 2. The first kappa shape index (κ1) is 21.6. The summed E-state index contributed by atoms with van der Waals surface area (Å²) in [7, 11) is -4.72. The summed E-state index contributed by atoms with van der Waals surface area (Å²) in [5.74, 6) is -3.43. The first-order chi connectivity index (χ1) is 15.3. The number of carbonyl (C=O) groups is 1. The smallest absolute Gasteiger partial charge is 0.341 e. The number of amides is 1. The Balaban J connectivity index is 1.61. The van der Waals surface area contributed by atoms with E-state index in [2.05, 4.69) is 15.3 Å². The van der Waals surface area contributed by atoms with Gasteiger partial charge >= 0.3 is 5.76 Å². The molecule has 0 saturated heterocycles. The Morgan fingerprint density at radius 2 is 1.59 bits per heavy atom. The molecule has 164 valence electrons. The summed E-state index contributed by atoms with van der Waals surface area (Å²) < 4.78 is 48.7. The second-order valence-electron chi connectivity index (χ2n) is 7.19. The van der Waals surface area contributed by atoms with Gasteiger partial charge in [-0.3, -0.25) is 4.79 Å². The van der Waals surface area contributed by atoms with Crippen LogP contribution in [0.1, 0.15) is 27.8 Å². The Hall–Kier alpha value is -3.59. The van der Waals surface area contributed by atoms with Crippen LogP contribution in [-0.2, 0) is 16.3 Å². The zero-order valence-corrected chi connectivity index (χ0v) is 17.5. The van der Waals surface area contributed by atoms with Gasteiger partial charge in [0.15, 0.2) is 0 Å². The summed E-state index contributed by atoms with van der Waals surface area (Å²) in [6, 6.07) is 21.0. The molecule has 32 heavy (non-hydrogen) atoms. The molecule has 6 nitrogen and oxygen atoms in total. The lowest BCUT2D eigenvalue weighted by Crippen LogP contribution is -2.30. The Morgan fingerprint density at radius 1 is 0.938 bits per heavy atom. The van der Waals surface area contributed by atoms with Crippen LogP contribution in [0.4, 0.5) is 8.78 Å². The third-order valence-electron chi connectivity index (χ3n) is 5.01. The Bertz CT molecular complexity index is 1300. The van der Waals surface area contributed by atoms with E-state index >= 15 is 0 Å². The molecular formula is C23H19F2N3O3S. The van der Waals surface area contributed by atoms with Crippen molar-refractivity contribution in [1.82, 2.24) is 15.3 Å². The van der Waals surface area contributed by atoms with Crippen molar-refractivity contribution in [3.8, 4) is 0 Å². The van der Waals surface area contributed by atoms with Gasteiger partial charge in [-0.2, -0.15) is 8.78 Å². The van der Waals surface area contributed by atoms with Gasteiger partial charge in [0, 0.05) is 5.56 Å². The molecular weight excluding hydrogens is 436 g/mol. The average molecular weight is 455 g/mol. The lowest BCUT2D eigenvalue weighted by molar-refractivity contribution is 0.0934. The molecule has 4 rings (SSSR count). The molecule has 0 bridgehead atoms. The zero-order valence-electron chi connectivity index (χ0n) is 16.7. The summed E-state index contributed by atoms with van der Waals surface area (Å²) in [6.45, 7) is 0. The SMILES string of the molecule is O=C(N[C@H](Cc1ccccc1)c1nc2ccccc2[nH]1)c1ccc(S(=O)(=O)C(F)F)cc1. The topological polar surface area (TPSA) is 91.9 Å². The molecule has 1 aromatic heterocycles. The van der Waals surface area contributed by atoms with Gasteiger partial charge in [0.2, 0.25) is 9.84 Å². The molecule has 1 atom stereocenters. The van der Waals surface area contributed by atoms with E-state index in [0.717, 1.165) is 28.7 Å². The molecule has 9 heteroatoms. The number of para-hydroxylation sites is 2. The van der Waals surface area contributed by atoms with Crippen LogP contribution >= 0.6 is 0 Å². The number of halogens is 2. The van der Waals surface area contributed by atoms with E-state index in [-0.39, 0.29) is 5.56 Å². The number of carbonyl (C=O) groups excluding carboxylic acids is 1. The van der Waals surface area contributed by atoms with E-state index in [0.29, 0.717) is 12.2 Å². The maximum absolute atomic E-state index is 12.9. The minimum atomic E-state index is -4.72. The highest BCUT2D eigenvalue weighted by Crippen LogP contribution is 2.22. The van der Waals surface area contributed by atoms with Crippen molar-refractivity contribution < 1.29 is 22.0 Å². The maximum Gasteiger partial charge on any atom is 0.341 e. The molecule has 2 N–H and O–H groups in total. The van der Waals surface area contributed by atoms with Gasteiger partial charge in [-0.05, 0) is 48.4 Å². The van der Waals surface area contributed by atoms with Gasteiger partial charge in [0.1, 0.15) is 5.82 Å². The molecule has 0 aliphatic heterocycles. The van der Waals surface area contributed by atoms with Crippen molar-refractivity contribution in [2.24, 2.45) is 0 Å². The number of aromatic nitrogens is 2. The molecule has 0 radical (unpaired) electrons. The Labute approximate surface area is 183 Å². The number of sulfone groups is 1. The van der Waals surface area contributed by atoms with Gasteiger partial charge in [0.25, 0.3) is 5.91 Å². The van der Waals surface area contributed by atoms with E-state index in [9.17, 15) is 22.0 Å². The van der Waals surface area contributed by atoms with Crippen LogP contribution in [0.3, 0.4) is 0 Å². The van der Waals surface area contributed by atoms with Gasteiger partial charge in [-0.25, -0.2) is 13.4 Å². The van der Waals surface area contributed by atoms with Gasteiger partial charge in [-0.1, -0.05) is 42.5 Å². The van der Waals surface area contributed by atoms with Gasteiger partial charge in [0.05, 0.1) is 22.0 Å². The summed E-state index contributed by atoms with van der Waals surface area (Å²) in [5.41, 5.74) is 2.72. The maximum atomic E-state index is 12.9. The van der Waals surface area contributed by atoms with Crippen LogP contribution in [0.5, 0.6) is 0 Å². The van der Waals surface area contributed by atoms with E-state index in [1.54, 1.807) is 0 Å². The van der Waals surface area contributed by atoms with Crippen molar-refractivity contribution in [2.75, 3.05) is 0 Å². The largest absolute Gasteiger partial charge is 0.342 e. The monoisotopic (exact) mass is 455 g/mol. The van der Waals surface area contributed by atoms with Crippen LogP contribution in [0.25, 0.3) is 11.0 Å². The lowest BCUT2D eigenvalue weighted by Gasteiger charge is -2.17. The van der Waals surface area contributed by atoms with Crippen molar-refractivity contribution in [2.45, 2.75) is 23.1 Å². The lowest BCUT2D eigenvalue weighted by atomic mass is 10.0. The number of H-pyrrole nitrogens is 1. The summed E-state index contributed by atoms with van der Waals surface area (Å²) in [5, 5.41) is 2.91. The van der Waals surface area contributed by atoms with Crippen LogP contribution in [-0.4, -0.2) is 30.1 Å². The summed E-state index contributed by atoms with van der Waals surface area (Å²) in [6.07, 6.45) is 0.463. The van der Waals surface area contributed by atoms with Crippen molar-refractivity contribution >= 4 is 26.8 Å². The Morgan fingerprint density at radius 3 is 2.25 bits per heavy atom. The highest BCUT2D eigenvalue weighted by atomic mass is 32.2. The second-order valence-corrected chi connectivity index (χ2v) is 9.10. The van der Waals surface area contributed by atoms with Gasteiger partial charge in [-0.15, -0.1) is 0 Å². The van der Waals surface area contributed by atoms with E-state index < -0.39 is 32.4 Å². The number of aromatic amines is 1. The van der Waals surface area contributed by atoms with E-state index in [1.165, 1.54) is 12.1 Å². The standard InChI is InChI=1S/C23H19F2N3O3S/c24-23(25)32(30,31)17-12-10-16(11-13-17)22(29)28-20(14-15-6-2-1-3-7-15)21-26-18-8-4-5-9-19(18)27-21/h1-13,20,23H,14H2,(H,26,27)(H,28,29)/t20-/m1/s1. The normalized spacial score (nSPS) is 12.7. The average Bonchev–Trinajstić information content (AvgIpc) is 3.23. The molecule has 0 aliphatic rings. The first-order valence-electron chi connectivity index (χ1n) is 9.76. The molecule has 0 aliphatic carbocycles. The van der Waals surface area contributed by atoms with Crippen LogP contribution in [0.15, 0.2) is 83.8 Å². The highest BCUT2D eigenvalue weighted by molar-refractivity contribution is 7.91. The van der Waals surface area contributed by atoms with Crippen molar-refractivity contribution in [1.29, 1.82) is 0 Å². The molecule has 4 aromatic rings. The number of rotatable bonds is 7. The molecule has 0 fully saturated rings. The third kappa shape index (κ3) is 4.52. The van der Waals surface area contributed by atoms with Gasteiger partial charge < -0.3 is 10.3 Å². The molecule has 3 aromatic carbocycles. The van der Waals surface area contributed by atoms with E-state index in [1.807, 2.05) is 54.6 Å². The predicted molar refractivity (Wildman–Crippen MR) is 116 cm³/mol. The van der Waals surface area contributed by atoms with Crippen molar-refractivity contribution in [3.63, 3.8) is 0 Å². The minimum Gasteiger partial charge on any atom is -0.342 e. The number of fused-ring (bicyclic) bond motifs is 1. The predicted octanol–water partition coefficient (Wildman–Crippen LogP) is 4.27. The van der Waals surface area contributed by atoms with E-state index in [4.69, 9.17) is 0 Å². The number of imidazole rings is 1. The molecule has 1 heterocycles. The number of hydrogen-bond acceptors (Lipinski definition) is 4. The zero-order chi connectivity index (χ0) is 22.7. The number of benzene rings is 3. The number of hydrogen-bond donors (Lipinski definition) is 2. The molecule has 0 saturated carbocycles. The Kier molecular flexibility index (Phi) is 6.00. The van der Waals surface area contributed by atoms with Crippen LogP contribution in [0.2, 0.25) is 0 Å². The molecule has 0 spiro atoms. The number of nitrogens with zero attached hydrogens (tertiary/aromatic N) is 1. The third-order valence-corrected chi connectivity index (χ3v) is 6.40. The fourth-order valence-corrected chi connectivity index (χ4v) is 4.07. The summed E-state index contributed by atoms with van der Waals surface area (Å²) >= 11 is 0. The van der Waals surface area contributed by atoms with Crippen molar-refractivity contribution in [3.05, 3.63) is 95.8 Å². The van der Waals surface area contributed by atoms with Crippen LogP contribution in [0, 0.1) is 0 Å². The second kappa shape index (κ2) is 8.88. The minimum absolute atomic E-state index is 0.146. The molecule has 0 unspecified atom stereocenters. The number of nitrogens with one attached hydrogen (secondary N) is 2. The highest BCUT2D eigenvalue weighted by Gasteiger charge is 2.27.